The minimum Gasteiger partial charge on any atom is -0.493 e. The second-order valence-corrected chi connectivity index (χ2v) is 9.33. The van der Waals surface area contributed by atoms with Crippen LogP contribution in [0, 0.1) is 17.8 Å². The summed E-state index contributed by atoms with van der Waals surface area (Å²) in [6, 6.07) is 5.79. The first-order valence-corrected chi connectivity index (χ1v) is 11.4. The molecule has 0 aliphatic carbocycles. The van der Waals surface area contributed by atoms with Crippen LogP contribution in [0.1, 0.15) is 38.7 Å². The van der Waals surface area contributed by atoms with Gasteiger partial charge < -0.3 is 24.6 Å². The number of methoxy groups -OCH3 is 2. The van der Waals surface area contributed by atoms with Crippen LogP contribution in [0.15, 0.2) is 18.2 Å². The zero-order chi connectivity index (χ0) is 21.5. The van der Waals surface area contributed by atoms with Gasteiger partial charge in [-0.05, 0) is 61.9 Å². The number of carbonyl (C=O) groups excluding carboxylic acids is 1. The van der Waals surface area contributed by atoms with Crippen molar-refractivity contribution in [2.75, 3.05) is 53.5 Å². The molecule has 1 amide bonds. The van der Waals surface area contributed by atoms with Crippen molar-refractivity contribution in [1.29, 1.82) is 0 Å². The highest BCUT2D eigenvalue weighted by atomic mass is 16.5. The van der Waals surface area contributed by atoms with E-state index in [1.54, 1.807) is 14.2 Å². The molecule has 2 saturated heterocycles. The van der Waals surface area contributed by atoms with E-state index < -0.39 is 0 Å². The molecule has 0 spiro atoms. The molecule has 2 fully saturated rings. The van der Waals surface area contributed by atoms with Crippen LogP contribution >= 0.6 is 0 Å². The Balaban J connectivity index is 1.59. The number of rotatable bonds is 9. The predicted molar refractivity (Wildman–Crippen MR) is 120 cm³/mol. The Hall–Kier alpha value is -1.79. The van der Waals surface area contributed by atoms with Gasteiger partial charge in [0.25, 0.3) is 0 Å². The highest BCUT2D eigenvalue weighted by Crippen LogP contribution is 2.28. The van der Waals surface area contributed by atoms with Crippen molar-refractivity contribution < 1.29 is 14.3 Å². The van der Waals surface area contributed by atoms with Gasteiger partial charge in [-0.3, -0.25) is 4.79 Å². The Bertz CT molecular complexity index is 688. The van der Waals surface area contributed by atoms with Crippen molar-refractivity contribution in [3.05, 3.63) is 23.8 Å². The fourth-order valence-corrected chi connectivity index (χ4v) is 4.94. The Morgan fingerprint density at radius 3 is 2.50 bits per heavy atom. The Kier molecular flexibility index (Phi) is 8.40. The zero-order valence-electron chi connectivity index (χ0n) is 19.2. The maximum absolute atomic E-state index is 13.1. The molecule has 6 nitrogen and oxygen atoms in total. The van der Waals surface area contributed by atoms with Crippen LogP contribution in [0.3, 0.4) is 0 Å². The molecule has 0 bridgehead atoms. The summed E-state index contributed by atoms with van der Waals surface area (Å²) < 4.78 is 10.7. The number of hydrogen-bond acceptors (Lipinski definition) is 5. The van der Waals surface area contributed by atoms with Crippen LogP contribution in [-0.2, 0) is 11.3 Å². The molecular formula is C24H39N3O3. The zero-order valence-corrected chi connectivity index (χ0v) is 19.2. The largest absolute Gasteiger partial charge is 0.493 e. The molecule has 168 valence electrons. The summed E-state index contributed by atoms with van der Waals surface area (Å²) in [5.41, 5.74) is 1.02. The molecule has 0 aromatic heterocycles. The third-order valence-electron chi connectivity index (χ3n) is 6.24. The summed E-state index contributed by atoms with van der Waals surface area (Å²) in [7, 11) is 3.26. The van der Waals surface area contributed by atoms with E-state index in [2.05, 4.69) is 29.0 Å². The average Bonchev–Trinajstić information content (AvgIpc) is 3.24. The van der Waals surface area contributed by atoms with Crippen molar-refractivity contribution in [2.24, 2.45) is 17.8 Å². The van der Waals surface area contributed by atoms with Gasteiger partial charge in [0.05, 0.1) is 20.1 Å². The van der Waals surface area contributed by atoms with Gasteiger partial charge in [-0.2, -0.15) is 0 Å². The number of benzene rings is 1. The van der Waals surface area contributed by atoms with Crippen molar-refractivity contribution in [3.63, 3.8) is 0 Å². The standard InChI is InChI=1S/C24H39N3O3/c1-18(2)14-27-16-20(15-26-9-5-6-10-26)11-21(17-27)24(28)25-13-19-7-8-22(29-3)23(12-19)30-4/h7-8,12,18,20-21H,5-6,9-11,13-17H2,1-4H3,(H,25,28)/t20-,21-/m1/s1. The van der Waals surface area contributed by atoms with E-state index in [9.17, 15) is 4.79 Å². The molecule has 6 heteroatoms. The van der Waals surface area contributed by atoms with Gasteiger partial charge in [-0.1, -0.05) is 19.9 Å². The maximum atomic E-state index is 13.1. The van der Waals surface area contributed by atoms with E-state index in [1.165, 1.54) is 25.9 Å². The maximum Gasteiger partial charge on any atom is 0.224 e. The van der Waals surface area contributed by atoms with Gasteiger partial charge >= 0.3 is 0 Å². The molecule has 0 saturated carbocycles. The minimum atomic E-state index is 0.0604. The van der Waals surface area contributed by atoms with Gasteiger partial charge in [-0.15, -0.1) is 0 Å². The lowest BCUT2D eigenvalue weighted by Crippen LogP contribution is -2.49. The number of piperidine rings is 1. The number of likely N-dealkylation sites (tertiary alicyclic amines) is 2. The topological polar surface area (TPSA) is 54.0 Å². The van der Waals surface area contributed by atoms with E-state index in [4.69, 9.17) is 9.47 Å². The molecule has 2 aliphatic rings. The predicted octanol–water partition coefficient (Wildman–Crippen LogP) is 3.01. The molecule has 2 heterocycles. The fraction of sp³-hybridized carbons (Fsp3) is 0.708. The van der Waals surface area contributed by atoms with Gasteiger partial charge in [-0.25, -0.2) is 0 Å². The summed E-state index contributed by atoms with van der Waals surface area (Å²) in [4.78, 5) is 18.2. The summed E-state index contributed by atoms with van der Waals surface area (Å²) in [6.45, 7) is 11.7. The van der Waals surface area contributed by atoms with Gasteiger partial charge in [0.2, 0.25) is 5.91 Å². The smallest absolute Gasteiger partial charge is 0.224 e. The minimum absolute atomic E-state index is 0.0604. The van der Waals surface area contributed by atoms with Crippen LogP contribution in [0.5, 0.6) is 11.5 Å². The summed E-state index contributed by atoms with van der Waals surface area (Å²) >= 11 is 0. The van der Waals surface area contributed by atoms with Crippen molar-refractivity contribution in [3.8, 4) is 11.5 Å². The van der Waals surface area contributed by atoms with Gasteiger partial charge in [0.1, 0.15) is 0 Å². The fourth-order valence-electron chi connectivity index (χ4n) is 4.94. The van der Waals surface area contributed by atoms with E-state index in [1.807, 2.05) is 18.2 Å². The van der Waals surface area contributed by atoms with E-state index >= 15 is 0 Å². The van der Waals surface area contributed by atoms with Crippen LogP contribution in [0.25, 0.3) is 0 Å². The van der Waals surface area contributed by atoms with Crippen LogP contribution < -0.4 is 14.8 Å². The van der Waals surface area contributed by atoms with E-state index in [-0.39, 0.29) is 11.8 Å². The molecule has 0 radical (unpaired) electrons. The molecule has 1 aromatic carbocycles. The molecule has 0 unspecified atom stereocenters. The Morgan fingerprint density at radius 2 is 1.83 bits per heavy atom. The van der Waals surface area contributed by atoms with Gasteiger partial charge in [0, 0.05) is 32.7 Å². The highest BCUT2D eigenvalue weighted by Gasteiger charge is 2.33. The highest BCUT2D eigenvalue weighted by molar-refractivity contribution is 5.79. The average molecular weight is 418 g/mol. The molecule has 3 rings (SSSR count). The Labute approximate surface area is 181 Å². The number of amides is 1. The first-order chi connectivity index (χ1) is 14.5. The first kappa shape index (κ1) is 22.9. The van der Waals surface area contributed by atoms with Crippen molar-refractivity contribution in [1.82, 2.24) is 15.1 Å². The Morgan fingerprint density at radius 1 is 1.10 bits per heavy atom. The SMILES string of the molecule is COc1ccc(CNC(=O)[C@@H]2C[C@H](CN3CCCC3)CN(CC(C)C)C2)cc1OC. The van der Waals surface area contributed by atoms with Gasteiger partial charge in [0.15, 0.2) is 11.5 Å². The number of hydrogen-bond donors (Lipinski definition) is 1. The lowest BCUT2D eigenvalue weighted by molar-refractivity contribution is -0.127. The third kappa shape index (κ3) is 6.35. The van der Waals surface area contributed by atoms with Crippen LogP contribution in [-0.4, -0.2) is 69.2 Å². The number of ether oxygens (including phenoxy) is 2. The van der Waals surface area contributed by atoms with Crippen LogP contribution in [0.4, 0.5) is 0 Å². The monoisotopic (exact) mass is 417 g/mol. The summed E-state index contributed by atoms with van der Waals surface area (Å²) in [6.07, 6.45) is 3.62. The van der Waals surface area contributed by atoms with Crippen molar-refractivity contribution in [2.45, 2.75) is 39.7 Å². The lowest BCUT2D eigenvalue weighted by Gasteiger charge is -2.39. The second kappa shape index (κ2) is 11.0. The number of nitrogens with zero attached hydrogens (tertiary/aromatic N) is 2. The lowest BCUT2D eigenvalue weighted by atomic mass is 9.87. The molecule has 2 aliphatic heterocycles. The third-order valence-corrected chi connectivity index (χ3v) is 6.24. The van der Waals surface area contributed by atoms with Crippen molar-refractivity contribution >= 4 is 5.91 Å². The molecule has 1 N–H and O–H groups in total. The van der Waals surface area contributed by atoms with Crippen LogP contribution in [0.2, 0.25) is 0 Å². The number of nitrogens with one attached hydrogen (secondary N) is 1. The molecule has 1 aromatic rings. The normalized spacial score (nSPS) is 23.0. The molecule has 30 heavy (non-hydrogen) atoms. The number of carbonyl (C=O) groups is 1. The molecule has 2 atom stereocenters. The summed E-state index contributed by atoms with van der Waals surface area (Å²) in [5, 5.41) is 3.17. The molecular weight excluding hydrogens is 378 g/mol. The quantitative estimate of drug-likeness (QED) is 0.669. The van der Waals surface area contributed by atoms with E-state index in [0.29, 0.717) is 29.9 Å². The van der Waals surface area contributed by atoms with E-state index in [0.717, 1.165) is 38.2 Å². The second-order valence-electron chi connectivity index (χ2n) is 9.33. The first-order valence-electron chi connectivity index (χ1n) is 11.4. The summed E-state index contributed by atoms with van der Waals surface area (Å²) in [5.74, 6) is 2.82.